The summed E-state index contributed by atoms with van der Waals surface area (Å²) in [5.74, 6) is 0.136. The molecule has 1 aromatic carbocycles. The number of benzene rings is 1. The maximum Gasteiger partial charge on any atom is 0.408 e. The maximum atomic E-state index is 13.6. The number of aromatic nitrogens is 2. The lowest BCUT2D eigenvalue weighted by molar-refractivity contribution is -0.142. The number of nitrogens with zero attached hydrogens (tertiary/aromatic N) is 2. The second-order valence-corrected chi connectivity index (χ2v) is 5.35. The standard InChI is InChI=1S/C14H14F4N2/c1-2-8-5-11(8)9-3-4-10-12(6-9)20(19-13(10)15)7-14(16,17)18/h3-4,6,8,11H,2,5,7H2,1H3/t8-,11-/m0/s1. The summed E-state index contributed by atoms with van der Waals surface area (Å²) in [4.78, 5) is 0. The predicted molar refractivity (Wildman–Crippen MR) is 66.9 cm³/mol. The van der Waals surface area contributed by atoms with Gasteiger partial charge in [0.05, 0.1) is 10.9 Å². The lowest BCUT2D eigenvalue weighted by atomic mass is 10.1. The van der Waals surface area contributed by atoms with Gasteiger partial charge in [-0.2, -0.15) is 17.6 Å². The van der Waals surface area contributed by atoms with Gasteiger partial charge >= 0.3 is 6.18 Å². The number of hydrogen-bond acceptors (Lipinski definition) is 1. The highest BCUT2D eigenvalue weighted by Crippen LogP contribution is 2.49. The molecule has 2 atom stereocenters. The van der Waals surface area contributed by atoms with Crippen LogP contribution in [0.2, 0.25) is 0 Å². The van der Waals surface area contributed by atoms with Crippen LogP contribution < -0.4 is 0 Å². The zero-order valence-corrected chi connectivity index (χ0v) is 10.9. The molecule has 2 nitrogen and oxygen atoms in total. The molecule has 1 aliphatic carbocycles. The summed E-state index contributed by atoms with van der Waals surface area (Å²) in [5, 5.41) is 3.51. The van der Waals surface area contributed by atoms with E-state index in [0.29, 0.717) is 16.5 Å². The van der Waals surface area contributed by atoms with Crippen molar-refractivity contribution in [3.8, 4) is 0 Å². The van der Waals surface area contributed by atoms with E-state index in [4.69, 9.17) is 0 Å². The van der Waals surface area contributed by atoms with E-state index in [0.717, 1.165) is 18.4 Å². The first-order valence-corrected chi connectivity index (χ1v) is 6.61. The Morgan fingerprint density at radius 3 is 2.70 bits per heavy atom. The minimum atomic E-state index is -4.41. The lowest BCUT2D eigenvalue weighted by Gasteiger charge is -2.08. The van der Waals surface area contributed by atoms with Gasteiger partial charge in [-0.15, -0.1) is 5.10 Å². The normalized spacial score (nSPS) is 22.4. The Morgan fingerprint density at radius 2 is 2.10 bits per heavy atom. The molecule has 0 spiro atoms. The third-order valence-corrected chi connectivity index (χ3v) is 3.93. The molecule has 0 bridgehead atoms. The van der Waals surface area contributed by atoms with Crippen molar-refractivity contribution in [2.75, 3.05) is 0 Å². The fourth-order valence-electron chi connectivity index (χ4n) is 2.78. The first kappa shape index (κ1) is 13.4. The highest BCUT2D eigenvalue weighted by atomic mass is 19.4. The van der Waals surface area contributed by atoms with E-state index in [2.05, 4.69) is 12.0 Å². The summed E-state index contributed by atoms with van der Waals surface area (Å²) in [6, 6.07) is 4.98. The summed E-state index contributed by atoms with van der Waals surface area (Å²) in [6.45, 7) is 0.829. The number of alkyl halides is 3. The van der Waals surface area contributed by atoms with E-state index >= 15 is 0 Å². The van der Waals surface area contributed by atoms with Gasteiger partial charge in [-0.3, -0.25) is 4.68 Å². The maximum absolute atomic E-state index is 13.6. The zero-order chi connectivity index (χ0) is 14.5. The van der Waals surface area contributed by atoms with E-state index in [9.17, 15) is 17.6 Å². The van der Waals surface area contributed by atoms with Crippen LogP contribution in [0.15, 0.2) is 18.2 Å². The Labute approximate surface area is 113 Å². The molecule has 3 rings (SSSR count). The zero-order valence-electron chi connectivity index (χ0n) is 10.9. The van der Waals surface area contributed by atoms with Crippen LogP contribution >= 0.6 is 0 Å². The minimum Gasteiger partial charge on any atom is -0.253 e. The number of hydrogen-bond donors (Lipinski definition) is 0. The summed E-state index contributed by atoms with van der Waals surface area (Å²) in [5.41, 5.74) is 1.20. The van der Waals surface area contributed by atoms with Crippen LogP contribution in [-0.4, -0.2) is 16.0 Å². The van der Waals surface area contributed by atoms with E-state index < -0.39 is 18.7 Å². The molecule has 6 heteroatoms. The fourth-order valence-corrected chi connectivity index (χ4v) is 2.78. The summed E-state index contributed by atoms with van der Waals surface area (Å²) in [7, 11) is 0. The molecule has 1 aliphatic rings. The Hall–Kier alpha value is -1.59. The number of fused-ring (bicyclic) bond motifs is 1. The van der Waals surface area contributed by atoms with Crippen molar-refractivity contribution in [2.24, 2.45) is 5.92 Å². The van der Waals surface area contributed by atoms with E-state index in [1.165, 1.54) is 6.07 Å². The van der Waals surface area contributed by atoms with Gasteiger partial charge in [0.15, 0.2) is 0 Å². The molecule has 2 aromatic rings. The van der Waals surface area contributed by atoms with Gasteiger partial charge in [0.2, 0.25) is 5.95 Å². The second kappa shape index (κ2) is 4.46. The first-order chi connectivity index (χ1) is 9.39. The van der Waals surface area contributed by atoms with Crippen molar-refractivity contribution in [1.82, 2.24) is 9.78 Å². The molecule has 108 valence electrons. The number of rotatable bonds is 3. The molecular weight excluding hydrogens is 272 g/mol. The molecule has 0 amide bonds. The molecule has 1 fully saturated rings. The van der Waals surface area contributed by atoms with Crippen molar-refractivity contribution in [2.45, 2.75) is 38.4 Å². The third kappa shape index (κ3) is 2.39. The Balaban J connectivity index is 2.01. The predicted octanol–water partition coefficient (Wildman–Crippen LogP) is 4.25. The SMILES string of the molecule is CC[C@H]1C[C@@H]1c1ccc2c(F)nn(CC(F)(F)F)c2c1. The van der Waals surface area contributed by atoms with Crippen molar-refractivity contribution in [3.63, 3.8) is 0 Å². The van der Waals surface area contributed by atoms with Gasteiger partial charge in [-0.1, -0.05) is 19.4 Å². The van der Waals surface area contributed by atoms with Crippen LogP contribution in [-0.2, 0) is 6.54 Å². The van der Waals surface area contributed by atoms with E-state index in [1.807, 2.05) is 0 Å². The van der Waals surface area contributed by atoms with Crippen LogP contribution in [0.5, 0.6) is 0 Å². The van der Waals surface area contributed by atoms with Crippen LogP contribution in [0, 0.1) is 11.9 Å². The highest BCUT2D eigenvalue weighted by Gasteiger charge is 2.37. The van der Waals surface area contributed by atoms with Crippen molar-refractivity contribution in [1.29, 1.82) is 0 Å². The molecular formula is C14H14F4N2. The fraction of sp³-hybridized carbons (Fsp3) is 0.500. The van der Waals surface area contributed by atoms with Crippen LogP contribution in [0.4, 0.5) is 17.6 Å². The van der Waals surface area contributed by atoms with Crippen molar-refractivity contribution >= 4 is 10.9 Å². The Morgan fingerprint density at radius 1 is 1.35 bits per heavy atom. The van der Waals surface area contributed by atoms with Crippen LogP contribution in [0.3, 0.4) is 0 Å². The second-order valence-electron chi connectivity index (χ2n) is 5.35. The quantitative estimate of drug-likeness (QED) is 0.771. The average molecular weight is 286 g/mol. The first-order valence-electron chi connectivity index (χ1n) is 6.61. The molecule has 0 aliphatic heterocycles. The minimum absolute atomic E-state index is 0.145. The molecule has 1 saturated carbocycles. The van der Waals surface area contributed by atoms with Gasteiger partial charge < -0.3 is 0 Å². The summed E-state index contributed by atoms with van der Waals surface area (Å²) < 4.78 is 51.7. The molecule has 1 aromatic heterocycles. The van der Waals surface area contributed by atoms with Crippen LogP contribution in [0.1, 0.15) is 31.2 Å². The smallest absolute Gasteiger partial charge is 0.253 e. The molecule has 0 saturated heterocycles. The van der Waals surface area contributed by atoms with Gasteiger partial charge in [0.25, 0.3) is 0 Å². The molecule has 1 heterocycles. The highest BCUT2D eigenvalue weighted by molar-refractivity contribution is 5.80. The molecule has 0 radical (unpaired) electrons. The van der Waals surface area contributed by atoms with Crippen LogP contribution in [0.25, 0.3) is 10.9 Å². The van der Waals surface area contributed by atoms with E-state index in [-0.39, 0.29) is 10.9 Å². The lowest BCUT2D eigenvalue weighted by Crippen LogP contribution is -2.18. The molecule has 0 unspecified atom stereocenters. The largest absolute Gasteiger partial charge is 0.408 e. The van der Waals surface area contributed by atoms with Gasteiger partial charge in [-0.05, 0) is 36.0 Å². The Kier molecular flexibility index (Phi) is 2.99. The van der Waals surface area contributed by atoms with Crippen molar-refractivity contribution in [3.05, 3.63) is 29.7 Å². The van der Waals surface area contributed by atoms with Gasteiger partial charge in [0, 0.05) is 0 Å². The average Bonchev–Trinajstić information content (AvgIpc) is 3.09. The summed E-state index contributed by atoms with van der Waals surface area (Å²) in [6.07, 6.45) is -2.30. The molecule has 20 heavy (non-hydrogen) atoms. The molecule has 0 N–H and O–H groups in total. The van der Waals surface area contributed by atoms with Gasteiger partial charge in [0.1, 0.15) is 6.54 Å². The monoisotopic (exact) mass is 286 g/mol. The topological polar surface area (TPSA) is 17.8 Å². The summed E-state index contributed by atoms with van der Waals surface area (Å²) >= 11 is 0. The third-order valence-electron chi connectivity index (χ3n) is 3.93. The van der Waals surface area contributed by atoms with E-state index in [1.54, 1.807) is 12.1 Å². The van der Waals surface area contributed by atoms with Crippen molar-refractivity contribution < 1.29 is 17.6 Å². The number of halogens is 4. The van der Waals surface area contributed by atoms with Gasteiger partial charge in [-0.25, -0.2) is 0 Å². The Bertz CT molecular complexity index is 644.